The van der Waals surface area contributed by atoms with E-state index in [2.05, 4.69) is 37.9 Å². The molecule has 1 N–H and O–H groups in total. The third kappa shape index (κ3) is 5.56. The van der Waals surface area contributed by atoms with Gasteiger partial charge < -0.3 is 5.32 Å². The van der Waals surface area contributed by atoms with Crippen LogP contribution < -0.4 is 5.32 Å². The molecule has 0 saturated carbocycles. The maximum absolute atomic E-state index is 3.49. The quantitative estimate of drug-likeness (QED) is 0.591. The maximum Gasteiger partial charge on any atom is 0.0482 e. The van der Waals surface area contributed by atoms with Gasteiger partial charge in [0.1, 0.15) is 0 Å². The van der Waals surface area contributed by atoms with Gasteiger partial charge >= 0.3 is 0 Å². The summed E-state index contributed by atoms with van der Waals surface area (Å²) in [7, 11) is 0. The molecule has 0 aromatic heterocycles. The van der Waals surface area contributed by atoms with Crippen molar-refractivity contribution in [2.75, 3.05) is 19.8 Å². The summed E-state index contributed by atoms with van der Waals surface area (Å²) >= 11 is 0. The summed E-state index contributed by atoms with van der Waals surface area (Å²) in [4.78, 5) is 2.44. The Balaban J connectivity index is 3.43. The van der Waals surface area contributed by atoms with Crippen molar-refractivity contribution in [1.82, 2.24) is 10.2 Å². The minimum atomic E-state index is 0.649. The monoisotopic (exact) mass is 172 g/mol. The zero-order valence-corrected chi connectivity index (χ0v) is 9.06. The van der Waals surface area contributed by atoms with Crippen molar-refractivity contribution < 1.29 is 0 Å². The van der Waals surface area contributed by atoms with Crippen LogP contribution in [0, 0.1) is 0 Å². The van der Waals surface area contributed by atoms with E-state index in [9.17, 15) is 0 Å². The van der Waals surface area contributed by atoms with Crippen LogP contribution in [0.2, 0.25) is 0 Å². The summed E-state index contributed by atoms with van der Waals surface area (Å²) < 4.78 is 0. The average Bonchev–Trinajstić information content (AvgIpc) is 2.11. The van der Waals surface area contributed by atoms with Crippen molar-refractivity contribution >= 4 is 0 Å². The summed E-state index contributed by atoms with van der Waals surface area (Å²) in [6, 6.07) is 0.649. The van der Waals surface area contributed by atoms with Crippen LogP contribution in [0.15, 0.2) is 0 Å². The Morgan fingerprint density at radius 2 is 1.92 bits per heavy atom. The second-order valence-electron chi connectivity index (χ2n) is 3.38. The van der Waals surface area contributed by atoms with E-state index in [4.69, 9.17) is 0 Å². The molecule has 2 heteroatoms. The zero-order valence-electron chi connectivity index (χ0n) is 9.06. The van der Waals surface area contributed by atoms with Crippen LogP contribution in [0.4, 0.5) is 0 Å². The SMILES string of the molecule is CCCN(CC)CNC(C)CC. The van der Waals surface area contributed by atoms with Gasteiger partial charge in [0.05, 0.1) is 0 Å². The molecule has 1 unspecified atom stereocenters. The highest BCUT2D eigenvalue weighted by molar-refractivity contribution is 4.58. The fraction of sp³-hybridized carbons (Fsp3) is 1.00. The van der Waals surface area contributed by atoms with Crippen molar-refractivity contribution in [3.8, 4) is 0 Å². The predicted octanol–water partition coefficient (Wildman–Crippen LogP) is 2.06. The van der Waals surface area contributed by atoms with Crippen molar-refractivity contribution in [3.63, 3.8) is 0 Å². The van der Waals surface area contributed by atoms with Crippen LogP contribution in [-0.4, -0.2) is 30.7 Å². The molecule has 0 aliphatic heterocycles. The zero-order chi connectivity index (χ0) is 9.40. The fourth-order valence-corrected chi connectivity index (χ4v) is 1.09. The van der Waals surface area contributed by atoms with Gasteiger partial charge in [0.15, 0.2) is 0 Å². The van der Waals surface area contributed by atoms with Crippen LogP contribution in [-0.2, 0) is 0 Å². The highest BCUT2D eigenvalue weighted by Crippen LogP contribution is 1.91. The van der Waals surface area contributed by atoms with Crippen molar-refractivity contribution in [2.24, 2.45) is 0 Å². The molecule has 0 aromatic carbocycles. The summed E-state index contributed by atoms with van der Waals surface area (Å²) in [5.74, 6) is 0. The molecule has 0 heterocycles. The molecule has 12 heavy (non-hydrogen) atoms. The van der Waals surface area contributed by atoms with Gasteiger partial charge in [-0.05, 0) is 32.9 Å². The molecule has 1 atom stereocenters. The molecule has 0 aromatic rings. The Hall–Kier alpha value is -0.0800. The molecular formula is C10H24N2. The molecule has 0 aliphatic carbocycles. The molecule has 0 amide bonds. The Bertz CT molecular complexity index is 93.8. The minimum Gasteiger partial charge on any atom is -0.302 e. The summed E-state index contributed by atoms with van der Waals surface area (Å²) in [5, 5.41) is 3.49. The number of rotatable bonds is 7. The van der Waals surface area contributed by atoms with E-state index in [0.29, 0.717) is 6.04 Å². The van der Waals surface area contributed by atoms with E-state index in [-0.39, 0.29) is 0 Å². The van der Waals surface area contributed by atoms with Crippen molar-refractivity contribution in [1.29, 1.82) is 0 Å². The van der Waals surface area contributed by atoms with Crippen molar-refractivity contribution in [2.45, 2.75) is 46.6 Å². The first-order valence-electron chi connectivity index (χ1n) is 5.20. The van der Waals surface area contributed by atoms with E-state index in [1.54, 1.807) is 0 Å². The van der Waals surface area contributed by atoms with Gasteiger partial charge in [-0.3, -0.25) is 4.90 Å². The van der Waals surface area contributed by atoms with E-state index in [1.165, 1.54) is 19.4 Å². The Morgan fingerprint density at radius 3 is 2.33 bits per heavy atom. The van der Waals surface area contributed by atoms with Crippen molar-refractivity contribution in [3.05, 3.63) is 0 Å². The standard InChI is InChI=1S/C10H24N2/c1-5-8-12(7-3)9-11-10(4)6-2/h10-11H,5-9H2,1-4H3. The molecule has 0 aliphatic rings. The second kappa shape index (κ2) is 7.56. The van der Waals surface area contributed by atoms with Gasteiger partial charge in [0.25, 0.3) is 0 Å². The number of hydrogen-bond acceptors (Lipinski definition) is 2. The van der Waals surface area contributed by atoms with Gasteiger partial charge in [-0.15, -0.1) is 0 Å². The maximum atomic E-state index is 3.49. The first kappa shape index (κ1) is 11.9. The van der Waals surface area contributed by atoms with Gasteiger partial charge in [-0.2, -0.15) is 0 Å². The smallest absolute Gasteiger partial charge is 0.0482 e. The normalized spacial score (nSPS) is 13.8. The lowest BCUT2D eigenvalue weighted by Crippen LogP contribution is -2.38. The van der Waals surface area contributed by atoms with E-state index < -0.39 is 0 Å². The van der Waals surface area contributed by atoms with Crippen LogP contribution in [0.25, 0.3) is 0 Å². The fourth-order valence-electron chi connectivity index (χ4n) is 1.09. The van der Waals surface area contributed by atoms with Crippen LogP contribution in [0.1, 0.15) is 40.5 Å². The number of hydrogen-bond donors (Lipinski definition) is 1. The lowest BCUT2D eigenvalue weighted by molar-refractivity contribution is 0.252. The molecule has 74 valence electrons. The number of nitrogens with one attached hydrogen (secondary N) is 1. The van der Waals surface area contributed by atoms with Gasteiger partial charge in [0.2, 0.25) is 0 Å². The highest BCUT2D eigenvalue weighted by atomic mass is 15.2. The predicted molar refractivity (Wildman–Crippen MR) is 55.3 cm³/mol. The third-order valence-corrected chi connectivity index (χ3v) is 2.26. The van der Waals surface area contributed by atoms with Crippen LogP contribution in [0.5, 0.6) is 0 Å². The molecule has 2 nitrogen and oxygen atoms in total. The van der Waals surface area contributed by atoms with E-state index >= 15 is 0 Å². The molecule has 0 saturated heterocycles. The van der Waals surface area contributed by atoms with Gasteiger partial charge in [0, 0.05) is 12.7 Å². The van der Waals surface area contributed by atoms with E-state index in [0.717, 1.165) is 13.2 Å². The van der Waals surface area contributed by atoms with Gasteiger partial charge in [-0.25, -0.2) is 0 Å². The minimum absolute atomic E-state index is 0.649. The summed E-state index contributed by atoms with van der Waals surface area (Å²) in [5.41, 5.74) is 0. The number of nitrogens with zero attached hydrogens (tertiary/aromatic N) is 1. The Labute approximate surface area is 77.3 Å². The molecule has 0 fully saturated rings. The second-order valence-corrected chi connectivity index (χ2v) is 3.38. The topological polar surface area (TPSA) is 15.3 Å². The first-order valence-corrected chi connectivity index (χ1v) is 5.20. The van der Waals surface area contributed by atoms with Gasteiger partial charge in [-0.1, -0.05) is 20.8 Å². The molecule has 0 rings (SSSR count). The first-order chi connectivity index (χ1) is 5.74. The summed E-state index contributed by atoms with van der Waals surface area (Å²) in [6.07, 6.45) is 2.46. The molecule has 0 spiro atoms. The summed E-state index contributed by atoms with van der Waals surface area (Å²) in [6.45, 7) is 12.3. The lowest BCUT2D eigenvalue weighted by atomic mass is 10.3. The lowest BCUT2D eigenvalue weighted by Gasteiger charge is -2.22. The molecule has 0 radical (unpaired) electrons. The van der Waals surface area contributed by atoms with Crippen LogP contribution >= 0.6 is 0 Å². The third-order valence-electron chi connectivity index (χ3n) is 2.26. The molecule has 0 bridgehead atoms. The largest absolute Gasteiger partial charge is 0.302 e. The molecular weight excluding hydrogens is 148 g/mol. The Kier molecular flexibility index (Phi) is 7.51. The highest BCUT2D eigenvalue weighted by Gasteiger charge is 2.01. The average molecular weight is 172 g/mol. The Morgan fingerprint density at radius 1 is 1.25 bits per heavy atom. The van der Waals surface area contributed by atoms with Crippen LogP contribution in [0.3, 0.4) is 0 Å². The van der Waals surface area contributed by atoms with E-state index in [1.807, 2.05) is 0 Å².